The molecule has 0 unspecified atom stereocenters. The van der Waals surface area contributed by atoms with E-state index in [2.05, 4.69) is 5.32 Å². The summed E-state index contributed by atoms with van der Waals surface area (Å²) in [5.74, 6) is -0.374. The Hall–Kier alpha value is -3.12. The van der Waals surface area contributed by atoms with Crippen molar-refractivity contribution in [3.63, 3.8) is 0 Å². The second-order valence-corrected chi connectivity index (χ2v) is 9.61. The molecule has 0 bridgehead atoms. The Morgan fingerprint density at radius 3 is 2.03 bits per heavy atom. The highest BCUT2D eigenvalue weighted by Crippen LogP contribution is 2.29. The maximum absolute atomic E-state index is 13.6. The van der Waals surface area contributed by atoms with Crippen molar-refractivity contribution >= 4 is 27.3 Å². The summed E-state index contributed by atoms with van der Waals surface area (Å²) in [6.07, 6.45) is 1.54. The molecule has 0 atom stereocenters. The average Bonchev–Trinajstić information content (AvgIpc) is 2.80. The number of aryl methyl sites for hydroxylation is 3. The molecule has 0 aliphatic carbocycles. The Morgan fingerprint density at radius 1 is 0.844 bits per heavy atom. The standard InChI is InChI=1S/C26H30N2O3S/c1-5-21-13-11-14-22(6-2)26(21)27-25(29)18-28(24-17-10-12-19(3)20(24)4)32(30,31)23-15-8-7-9-16-23/h7-17H,5-6,18H2,1-4H3,(H,27,29). The molecule has 0 fully saturated rings. The molecule has 32 heavy (non-hydrogen) atoms. The number of nitrogens with one attached hydrogen (secondary N) is 1. The van der Waals surface area contributed by atoms with Crippen LogP contribution >= 0.6 is 0 Å². The molecule has 0 saturated heterocycles. The number of amides is 1. The smallest absolute Gasteiger partial charge is 0.264 e. The van der Waals surface area contributed by atoms with Crippen LogP contribution in [0, 0.1) is 13.8 Å². The Morgan fingerprint density at radius 2 is 1.44 bits per heavy atom. The summed E-state index contributed by atoms with van der Waals surface area (Å²) in [7, 11) is -3.94. The SMILES string of the molecule is CCc1cccc(CC)c1NC(=O)CN(c1cccc(C)c1C)S(=O)(=O)c1ccccc1. The Balaban J connectivity index is 2.03. The molecule has 3 rings (SSSR count). The number of anilines is 2. The minimum absolute atomic E-state index is 0.150. The number of benzene rings is 3. The fraction of sp³-hybridized carbons (Fsp3) is 0.269. The monoisotopic (exact) mass is 450 g/mol. The van der Waals surface area contributed by atoms with Crippen molar-refractivity contribution in [1.29, 1.82) is 0 Å². The molecule has 0 radical (unpaired) electrons. The molecular formula is C26H30N2O3S. The summed E-state index contributed by atoms with van der Waals surface area (Å²) in [5.41, 5.74) is 5.12. The molecule has 1 amide bonds. The lowest BCUT2D eigenvalue weighted by molar-refractivity contribution is -0.114. The third-order valence-corrected chi connectivity index (χ3v) is 7.50. The summed E-state index contributed by atoms with van der Waals surface area (Å²) < 4.78 is 28.4. The number of sulfonamides is 1. The quantitative estimate of drug-likeness (QED) is 0.509. The third kappa shape index (κ3) is 4.86. The topological polar surface area (TPSA) is 66.5 Å². The minimum Gasteiger partial charge on any atom is -0.324 e. The van der Waals surface area contributed by atoms with Gasteiger partial charge in [0.15, 0.2) is 0 Å². The lowest BCUT2D eigenvalue weighted by Gasteiger charge is -2.26. The minimum atomic E-state index is -3.94. The second-order valence-electron chi connectivity index (χ2n) is 7.75. The van der Waals surface area contributed by atoms with Gasteiger partial charge in [-0.2, -0.15) is 0 Å². The highest BCUT2D eigenvalue weighted by Gasteiger charge is 2.28. The Bertz CT molecular complexity index is 1180. The summed E-state index contributed by atoms with van der Waals surface area (Å²) >= 11 is 0. The molecule has 5 nitrogen and oxygen atoms in total. The van der Waals surface area contributed by atoms with Crippen LogP contribution in [-0.2, 0) is 27.7 Å². The van der Waals surface area contributed by atoms with Crippen LogP contribution in [0.15, 0.2) is 71.6 Å². The molecule has 1 N–H and O–H groups in total. The normalized spacial score (nSPS) is 11.2. The lowest BCUT2D eigenvalue weighted by atomic mass is 10.0. The highest BCUT2D eigenvalue weighted by molar-refractivity contribution is 7.92. The van der Waals surface area contributed by atoms with E-state index in [0.29, 0.717) is 5.69 Å². The zero-order valence-corrected chi connectivity index (χ0v) is 19.9. The molecule has 168 valence electrons. The number of carbonyl (C=O) groups is 1. The van der Waals surface area contributed by atoms with E-state index >= 15 is 0 Å². The van der Waals surface area contributed by atoms with Gasteiger partial charge in [0.2, 0.25) is 5.91 Å². The molecule has 0 aliphatic heterocycles. The third-order valence-electron chi connectivity index (χ3n) is 5.73. The Kier molecular flexibility index (Phi) is 7.36. The average molecular weight is 451 g/mol. The molecule has 0 aliphatic rings. The zero-order chi connectivity index (χ0) is 23.3. The molecule has 0 spiro atoms. The van der Waals surface area contributed by atoms with Crippen molar-refractivity contribution in [3.05, 3.63) is 89.0 Å². The van der Waals surface area contributed by atoms with E-state index in [1.807, 2.05) is 58.0 Å². The van der Waals surface area contributed by atoms with Gasteiger partial charge in [0.1, 0.15) is 6.54 Å². The van der Waals surface area contributed by atoms with Crippen LogP contribution in [0.5, 0.6) is 0 Å². The highest BCUT2D eigenvalue weighted by atomic mass is 32.2. The second kappa shape index (κ2) is 10.0. The van der Waals surface area contributed by atoms with Gasteiger partial charge in [-0.3, -0.25) is 9.10 Å². The van der Waals surface area contributed by atoms with Gasteiger partial charge in [0.05, 0.1) is 10.6 Å². The van der Waals surface area contributed by atoms with Crippen LogP contribution in [0.3, 0.4) is 0 Å². The van der Waals surface area contributed by atoms with Crippen LogP contribution in [0.2, 0.25) is 0 Å². The van der Waals surface area contributed by atoms with Crippen molar-refractivity contribution in [2.24, 2.45) is 0 Å². The first kappa shape index (κ1) is 23.5. The van der Waals surface area contributed by atoms with Crippen LogP contribution in [-0.4, -0.2) is 20.9 Å². The molecular weight excluding hydrogens is 420 g/mol. The van der Waals surface area contributed by atoms with E-state index < -0.39 is 10.0 Å². The molecule has 0 heterocycles. The van der Waals surface area contributed by atoms with Gasteiger partial charge in [-0.15, -0.1) is 0 Å². The van der Waals surface area contributed by atoms with E-state index in [9.17, 15) is 13.2 Å². The van der Waals surface area contributed by atoms with Crippen molar-refractivity contribution in [2.45, 2.75) is 45.4 Å². The summed E-state index contributed by atoms with van der Waals surface area (Å²) in [6.45, 7) is 7.55. The molecule has 0 aromatic heterocycles. The van der Waals surface area contributed by atoms with Crippen LogP contribution in [0.1, 0.15) is 36.1 Å². The maximum atomic E-state index is 13.6. The van der Waals surface area contributed by atoms with Crippen molar-refractivity contribution in [2.75, 3.05) is 16.2 Å². The first-order valence-electron chi connectivity index (χ1n) is 10.8. The first-order chi connectivity index (χ1) is 15.3. The van der Waals surface area contributed by atoms with Gasteiger partial charge < -0.3 is 5.32 Å². The van der Waals surface area contributed by atoms with Crippen molar-refractivity contribution < 1.29 is 13.2 Å². The first-order valence-corrected chi connectivity index (χ1v) is 12.3. The van der Waals surface area contributed by atoms with Gasteiger partial charge >= 0.3 is 0 Å². The van der Waals surface area contributed by atoms with Gasteiger partial charge in [-0.25, -0.2) is 8.42 Å². The van der Waals surface area contributed by atoms with Crippen LogP contribution in [0.25, 0.3) is 0 Å². The van der Waals surface area contributed by atoms with Gasteiger partial charge in [0, 0.05) is 5.69 Å². The number of nitrogens with zero attached hydrogens (tertiary/aromatic N) is 1. The number of para-hydroxylation sites is 1. The number of hydrogen-bond donors (Lipinski definition) is 1. The number of rotatable bonds is 8. The predicted octanol–water partition coefficient (Wildman–Crippen LogP) is 5.26. The van der Waals surface area contributed by atoms with E-state index in [1.54, 1.807) is 36.4 Å². The van der Waals surface area contributed by atoms with E-state index in [4.69, 9.17) is 0 Å². The summed E-state index contributed by atoms with van der Waals surface area (Å²) in [5, 5.41) is 2.99. The van der Waals surface area contributed by atoms with Gasteiger partial charge in [-0.05, 0) is 67.1 Å². The fourth-order valence-electron chi connectivity index (χ4n) is 3.74. The van der Waals surface area contributed by atoms with E-state index in [-0.39, 0.29) is 17.3 Å². The fourth-order valence-corrected chi connectivity index (χ4v) is 5.24. The maximum Gasteiger partial charge on any atom is 0.264 e. The predicted molar refractivity (Wildman–Crippen MR) is 131 cm³/mol. The lowest BCUT2D eigenvalue weighted by Crippen LogP contribution is -2.38. The van der Waals surface area contributed by atoms with Crippen LogP contribution in [0.4, 0.5) is 11.4 Å². The number of hydrogen-bond acceptors (Lipinski definition) is 3. The van der Waals surface area contributed by atoms with Crippen molar-refractivity contribution in [3.8, 4) is 0 Å². The zero-order valence-electron chi connectivity index (χ0n) is 19.1. The van der Waals surface area contributed by atoms with E-state index in [1.165, 1.54) is 4.31 Å². The largest absolute Gasteiger partial charge is 0.324 e. The Labute approximate surface area is 191 Å². The van der Waals surface area contributed by atoms with Gasteiger partial charge in [0.25, 0.3) is 10.0 Å². The molecule has 3 aromatic rings. The molecule has 0 saturated carbocycles. The van der Waals surface area contributed by atoms with E-state index in [0.717, 1.165) is 40.8 Å². The van der Waals surface area contributed by atoms with Gasteiger partial charge in [-0.1, -0.05) is 62.4 Å². The number of carbonyl (C=O) groups excluding carboxylic acids is 1. The van der Waals surface area contributed by atoms with Crippen LogP contribution < -0.4 is 9.62 Å². The molecule has 6 heteroatoms. The summed E-state index contributed by atoms with van der Waals surface area (Å²) in [4.78, 5) is 13.3. The van der Waals surface area contributed by atoms with Crippen molar-refractivity contribution in [1.82, 2.24) is 0 Å². The summed E-state index contributed by atoms with van der Waals surface area (Å²) in [6, 6.07) is 19.7. The molecule has 3 aromatic carbocycles.